The van der Waals surface area contributed by atoms with Gasteiger partial charge in [-0.3, -0.25) is 0 Å². The summed E-state index contributed by atoms with van der Waals surface area (Å²) in [5.41, 5.74) is 2.18. The number of nitrogens with zero attached hydrogens (tertiary/aromatic N) is 2. The highest BCUT2D eigenvalue weighted by atomic mass is 127. The van der Waals surface area contributed by atoms with Crippen molar-refractivity contribution in [2.75, 3.05) is 18.6 Å². The van der Waals surface area contributed by atoms with Gasteiger partial charge in [-0.05, 0) is 71.1 Å². The number of methoxy groups -OCH3 is 1. The van der Waals surface area contributed by atoms with E-state index < -0.39 is 0 Å². The third kappa shape index (κ3) is 2.80. The molecule has 4 heteroatoms. The lowest BCUT2D eigenvalue weighted by Crippen LogP contribution is -2.43. The molecule has 3 nitrogen and oxygen atoms in total. The molecule has 0 bridgehead atoms. The van der Waals surface area contributed by atoms with E-state index in [1.165, 1.54) is 9.26 Å². The first-order chi connectivity index (χ1) is 9.76. The van der Waals surface area contributed by atoms with Gasteiger partial charge < -0.3 is 9.64 Å². The standard InChI is InChI=1S/C16H15IN2O/c1-20-15-8-6-14(7-9-15)19-11-10-16(19)18-13-4-2-12(17)3-5-13/h2-9H,10-11H2,1H3/b18-16+. The Balaban J connectivity index is 1.79. The molecule has 102 valence electrons. The Labute approximate surface area is 132 Å². The highest BCUT2D eigenvalue weighted by Crippen LogP contribution is 2.27. The Morgan fingerprint density at radius 3 is 2.30 bits per heavy atom. The van der Waals surface area contributed by atoms with Crippen LogP contribution in [0.1, 0.15) is 6.42 Å². The number of amidine groups is 1. The van der Waals surface area contributed by atoms with Crippen molar-refractivity contribution >= 4 is 39.8 Å². The maximum absolute atomic E-state index is 5.18. The first-order valence-corrected chi connectivity index (χ1v) is 7.59. The van der Waals surface area contributed by atoms with Crippen LogP contribution in [0, 0.1) is 3.57 Å². The molecule has 2 aromatic carbocycles. The molecule has 0 spiro atoms. The fourth-order valence-electron chi connectivity index (χ4n) is 2.14. The first kappa shape index (κ1) is 13.4. The maximum Gasteiger partial charge on any atom is 0.119 e. The number of aliphatic imine (C=N–C) groups is 1. The van der Waals surface area contributed by atoms with Crippen LogP contribution in [0.25, 0.3) is 0 Å². The average molecular weight is 378 g/mol. The van der Waals surface area contributed by atoms with Gasteiger partial charge in [-0.25, -0.2) is 4.99 Å². The quantitative estimate of drug-likeness (QED) is 0.747. The third-order valence-electron chi connectivity index (χ3n) is 3.34. The summed E-state index contributed by atoms with van der Waals surface area (Å²) in [4.78, 5) is 6.95. The lowest BCUT2D eigenvalue weighted by atomic mass is 10.1. The Bertz CT molecular complexity index is 620. The van der Waals surface area contributed by atoms with Crippen molar-refractivity contribution in [1.29, 1.82) is 0 Å². The average Bonchev–Trinajstić information content (AvgIpc) is 2.46. The molecule has 1 aliphatic rings. The zero-order valence-electron chi connectivity index (χ0n) is 11.2. The second-order valence-corrected chi connectivity index (χ2v) is 5.85. The highest BCUT2D eigenvalue weighted by molar-refractivity contribution is 14.1. The van der Waals surface area contributed by atoms with Gasteiger partial charge in [0.1, 0.15) is 11.6 Å². The van der Waals surface area contributed by atoms with Crippen molar-refractivity contribution in [2.24, 2.45) is 4.99 Å². The van der Waals surface area contributed by atoms with Crippen molar-refractivity contribution in [3.05, 3.63) is 52.1 Å². The van der Waals surface area contributed by atoms with Crippen LogP contribution in [-0.2, 0) is 0 Å². The Morgan fingerprint density at radius 2 is 1.75 bits per heavy atom. The molecule has 20 heavy (non-hydrogen) atoms. The molecule has 0 amide bonds. The number of hydrogen-bond acceptors (Lipinski definition) is 2. The van der Waals surface area contributed by atoms with Crippen LogP contribution < -0.4 is 9.64 Å². The van der Waals surface area contributed by atoms with Gasteiger partial charge in [-0.15, -0.1) is 0 Å². The van der Waals surface area contributed by atoms with Crippen LogP contribution in [0.2, 0.25) is 0 Å². The van der Waals surface area contributed by atoms with E-state index in [2.05, 4.69) is 63.9 Å². The summed E-state index contributed by atoms with van der Waals surface area (Å²) in [6.07, 6.45) is 1.03. The first-order valence-electron chi connectivity index (χ1n) is 6.51. The van der Waals surface area contributed by atoms with E-state index in [0.717, 1.165) is 30.2 Å². The molecule has 0 unspecified atom stereocenters. The summed E-state index contributed by atoms with van der Waals surface area (Å²) in [5, 5.41) is 0. The van der Waals surface area contributed by atoms with Crippen LogP contribution in [0.15, 0.2) is 53.5 Å². The summed E-state index contributed by atoms with van der Waals surface area (Å²) in [7, 11) is 1.68. The van der Waals surface area contributed by atoms with Crippen molar-refractivity contribution in [3.63, 3.8) is 0 Å². The lowest BCUT2D eigenvalue weighted by molar-refractivity contribution is 0.415. The Kier molecular flexibility index (Phi) is 3.91. The zero-order valence-corrected chi connectivity index (χ0v) is 13.4. The Morgan fingerprint density at radius 1 is 1.05 bits per heavy atom. The molecule has 0 atom stereocenters. The molecule has 1 aliphatic heterocycles. The number of halogens is 1. The van der Waals surface area contributed by atoms with E-state index in [-0.39, 0.29) is 0 Å². The van der Waals surface area contributed by atoms with Crippen LogP contribution in [0.5, 0.6) is 5.75 Å². The van der Waals surface area contributed by atoms with Crippen molar-refractivity contribution < 1.29 is 4.74 Å². The van der Waals surface area contributed by atoms with Crippen LogP contribution in [0.4, 0.5) is 11.4 Å². The van der Waals surface area contributed by atoms with Gasteiger partial charge in [0.25, 0.3) is 0 Å². The summed E-state index contributed by atoms with van der Waals surface area (Å²) >= 11 is 2.30. The highest BCUT2D eigenvalue weighted by Gasteiger charge is 2.23. The van der Waals surface area contributed by atoms with E-state index in [1.54, 1.807) is 7.11 Å². The van der Waals surface area contributed by atoms with Crippen LogP contribution in [-0.4, -0.2) is 19.5 Å². The molecule has 0 aromatic heterocycles. The number of anilines is 1. The largest absolute Gasteiger partial charge is 0.497 e. The summed E-state index contributed by atoms with van der Waals surface area (Å²) < 4.78 is 6.41. The summed E-state index contributed by atoms with van der Waals surface area (Å²) in [6, 6.07) is 16.4. The molecule has 0 radical (unpaired) electrons. The number of hydrogen-bond donors (Lipinski definition) is 0. The van der Waals surface area contributed by atoms with Gasteiger partial charge in [-0.1, -0.05) is 0 Å². The predicted octanol–water partition coefficient (Wildman–Crippen LogP) is 4.24. The molecule has 0 N–H and O–H groups in total. The van der Waals surface area contributed by atoms with Gasteiger partial charge in [-0.2, -0.15) is 0 Å². The van der Waals surface area contributed by atoms with Crippen molar-refractivity contribution in [1.82, 2.24) is 0 Å². The van der Waals surface area contributed by atoms with Gasteiger partial charge in [0, 0.05) is 22.2 Å². The molecule has 2 aromatic rings. The molecule has 1 saturated heterocycles. The van der Waals surface area contributed by atoms with Gasteiger partial charge in [0.15, 0.2) is 0 Å². The molecule has 0 saturated carbocycles. The minimum absolute atomic E-state index is 0.880. The van der Waals surface area contributed by atoms with Crippen LogP contribution >= 0.6 is 22.6 Å². The van der Waals surface area contributed by atoms with Gasteiger partial charge in [0.2, 0.25) is 0 Å². The number of ether oxygens (including phenoxy) is 1. The molecule has 0 aliphatic carbocycles. The van der Waals surface area contributed by atoms with E-state index in [9.17, 15) is 0 Å². The Hall–Kier alpha value is -1.56. The third-order valence-corrected chi connectivity index (χ3v) is 4.06. The number of benzene rings is 2. The van der Waals surface area contributed by atoms with E-state index in [0.29, 0.717) is 0 Å². The smallest absolute Gasteiger partial charge is 0.119 e. The molecule has 3 rings (SSSR count). The normalized spacial score (nSPS) is 16.1. The van der Waals surface area contributed by atoms with Crippen molar-refractivity contribution in [3.8, 4) is 5.75 Å². The summed E-state index contributed by atoms with van der Waals surface area (Å²) in [5.74, 6) is 2.00. The fraction of sp³-hybridized carbons (Fsp3) is 0.188. The van der Waals surface area contributed by atoms with E-state index in [1.807, 2.05) is 12.1 Å². The monoisotopic (exact) mass is 378 g/mol. The second kappa shape index (κ2) is 5.83. The molecular weight excluding hydrogens is 363 g/mol. The van der Waals surface area contributed by atoms with Gasteiger partial charge >= 0.3 is 0 Å². The predicted molar refractivity (Wildman–Crippen MR) is 91.2 cm³/mol. The van der Waals surface area contributed by atoms with Crippen molar-refractivity contribution in [2.45, 2.75) is 6.42 Å². The second-order valence-electron chi connectivity index (χ2n) is 4.60. The van der Waals surface area contributed by atoms with Gasteiger partial charge in [0.05, 0.1) is 12.8 Å². The molecular formula is C16H15IN2O. The maximum atomic E-state index is 5.18. The summed E-state index contributed by atoms with van der Waals surface area (Å²) in [6.45, 7) is 1.02. The molecule has 1 fully saturated rings. The topological polar surface area (TPSA) is 24.8 Å². The SMILES string of the molecule is COc1ccc(N2CC/C2=N\c2ccc(I)cc2)cc1. The lowest BCUT2D eigenvalue weighted by Gasteiger charge is -2.35. The van der Waals surface area contributed by atoms with E-state index >= 15 is 0 Å². The minimum Gasteiger partial charge on any atom is -0.497 e. The van der Waals surface area contributed by atoms with Crippen LogP contribution in [0.3, 0.4) is 0 Å². The zero-order chi connectivity index (χ0) is 13.9. The van der Waals surface area contributed by atoms with E-state index in [4.69, 9.17) is 9.73 Å². The minimum atomic E-state index is 0.880. The number of rotatable bonds is 3. The molecule has 1 heterocycles. The fourth-order valence-corrected chi connectivity index (χ4v) is 2.50.